The Morgan fingerprint density at radius 1 is 1.28 bits per heavy atom. The number of likely N-dealkylation sites (N-methyl/N-ethyl adjacent to an activating group) is 1. The number of hydrogen-bond acceptors (Lipinski definition) is 3. The maximum Gasteiger partial charge on any atom is 0.282 e. The first kappa shape index (κ1) is 19.6. The number of ether oxygens (including phenoxy) is 1. The van der Waals surface area contributed by atoms with Crippen LogP contribution >= 0.6 is 23.4 Å². The Hall–Kier alpha value is -1.69. The highest BCUT2D eigenvalue weighted by Crippen LogP contribution is 2.27. The quantitative estimate of drug-likeness (QED) is 0.726. The summed E-state index contributed by atoms with van der Waals surface area (Å²) in [6.07, 6.45) is 2.06. The molecule has 1 unspecified atom stereocenters. The predicted octanol–water partition coefficient (Wildman–Crippen LogP) is 3.11. The van der Waals surface area contributed by atoms with Crippen LogP contribution in [0.15, 0.2) is 47.4 Å². The molecule has 2 atom stereocenters. The largest absolute Gasteiger partial charge is 0.495 e. The highest BCUT2D eigenvalue weighted by molar-refractivity contribution is 7.98. The van der Waals surface area contributed by atoms with E-state index in [1.807, 2.05) is 14.0 Å². The highest BCUT2D eigenvalue weighted by atomic mass is 35.5. The van der Waals surface area contributed by atoms with Crippen LogP contribution in [0.2, 0.25) is 5.02 Å². The molecule has 25 heavy (non-hydrogen) atoms. The molecule has 0 radical (unpaired) electrons. The molecule has 0 aliphatic heterocycles. The Morgan fingerprint density at radius 2 is 1.96 bits per heavy atom. The fraction of sp³-hybridized carbons (Fsp3) is 0.316. The van der Waals surface area contributed by atoms with Gasteiger partial charge >= 0.3 is 0 Å². The van der Waals surface area contributed by atoms with Crippen LogP contribution in [-0.2, 0) is 11.3 Å². The molecular weight excluding hydrogens is 356 g/mol. The lowest BCUT2D eigenvalue weighted by Crippen LogP contribution is -3.12. The predicted molar refractivity (Wildman–Crippen MR) is 105 cm³/mol. The van der Waals surface area contributed by atoms with Crippen LogP contribution < -0.4 is 15.0 Å². The van der Waals surface area contributed by atoms with Crippen molar-refractivity contribution in [3.8, 4) is 5.75 Å². The third-order valence-electron chi connectivity index (χ3n) is 4.19. The molecule has 0 heterocycles. The number of hydrogen-bond donors (Lipinski definition) is 2. The number of rotatable bonds is 7. The van der Waals surface area contributed by atoms with Crippen LogP contribution in [0, 0.1) is 0 Å². The molecule has 0 saturated carbocycles. The van der Waals surface area contributed by atoms with Crippen LogP contribution in [0.5, 0.6) is 5.75 Å². The van der Waals surface area contributed by atoms with Gasteiger partial charge in [0.1, 0.15) is 12.3 Å². The van der Waals surface area contributed by atoms with Crippen LogP contribution in [0.4, 0.5) is 5.69 Å². The van der Waals surface area contributed by atoms with Gasteiger partial charge in [0.2, 0.25) is 0 Å². The lowest BCUT2D eigenvalue weighted by molar-refractivity contribution is -0.907. The fourth-order valence-corrected chi connectivity index (χ4v) is 3.04. The summed E-state index contributed by atoms with van der Waals surface area (Å²) in [4.78, 5) is 14.9. The molecule has 0 saturated heterocycles. The summed E-state index contributed by atoms with van der Waals surface area (Å²) in [5.41, 5.74) is 1.79. The van der Waals surface area contributed by atoms with E-state index in [0.29, 0.717) is 16.5 Å². The molecule has 2 aromatic carbocycles. The first-order chi connectivity index (χ1) is 11.9. The summed E-state index contributed by atoms with van der Waals surface area (Å²) in [6, 6.07) is 13.4. The van der Waals surface area contributed by atoms with Gasteiger partial charge in [-0.25, -0.2) is 0 Å². The minimum absolute atomic E-state index is 0.0706. The molecule has 0 aromatic heterocycles. The Morgan fingerprint density at radius 3 is 2.56 bits per heavy atom. The van der Waals surface area contributed by atoms with E-state index >= 15 is 0 Å². The zero-order valence-corrected chi connectivity index (χ0v) is 16.5. The first-order valence-corrected chi connectivity index (χ1v) is 9.64. The van der Waals surface area contributed by atoms with Gasteiger partial charge in [0.05, 0.1) is 19.8 Å². The van der Waals surface area contributed by atoms with E-state index < -0.39 is 0 Å². The number of quaternary nitrogens is 1. The SMILES string of the molecule is COc1ccc(Cl)cc1NC(=O)[C@@H](C)[NH+](C)Cc1ccc(SC)cc1. The van der Waals surface area contributed by atoms with Crippen molar-refractivity contribution >= 4 is 35.0 Å². The van der Waals surface area contributed by atoms with E-state index in [9.17, 15) is 4.79 Å². The number of halogens is 1. The Balaban J connectivity index is 2.02. The van der Waals surface area contributed by atoms with Crippen molar-refractivity contribution in [1.29, 1.82) is 0 Å². The highest BCUT2D eigenvalue weighted by Gasteiger charge is 2.23. The van der Waals surface area contributed by atoms with Crippen LogP contribution in [-0.4, -0.2) is 32.4 Å². The minimum Gasteiger partial charge on any atom is -0.495 e. The smallest absolute Gasteiger partial charge is 0.282 e. The molecular formula is C19H24ClN2O2S+. The lowest BCUT2D eigenvalue weighted by Gasteiger charge is -2.21. The third kappa shape index (κ3) is 5.39. The molecule has 1 amide bonds. The van der Waals surface area contributed by atoms with Crippen molar-refractivity contribution in [3.05, 3.63) is 53.1 Å². The number of anilines is 1. The van der Waals surface area contributed by atoms with E-state index in [1.165, 1.54) is 10.5 Å². The number of nitrogens with one attached hydrogen (secondary N) is 2. The molecule has 2 aromatic rings. The standard InChI is InChI=1S/C19H23ClN2O2S/c1-13(22(2)12-14-5-8-16(25-4)9-6-14)19(23)21-17-11-15(20)7-10-18(17)24-3/h5-11,13H,12H2,1-4H3,(H,21,23)/p+1/t13-/m1/s1. The Kier molecular flexibility index (Phi) is 7.17. The van der Waals surface area contributed by atoms with Crippen molar-refractivity contribution in [2.24, 2.45) is 0 Å². The molecule has 2 rings (SSSR count). The molecule has 6 heteroatoms. The van der Waals surface area contributed by atoms with Gasteiger partial charge in [0, 0.05) is 15.5 Å². The van der Waals surface area contributed by atoms with Gasteiger partial charge in [-0.15, -0.1) is 11.8 Å². The second-order valence-electron chi connectivity index (χ2n) is 5.93. The van der Waals surface area contributed by atoms with Gasteiger partial charge in [0.15, 0.2) is 6.04 Å². The number of carbonyl (C=O) groups is 1. The first-order valence-electron chi connectivity index (χ1n) is 8.04. The van der Waals surface area contributed by atoms with Gasteiger partial charge in [-0.1, -0.05) is 23.7 Å². The summed E-state index contributed by atoms with van der Waals surface area (Å²) in [6.45, 7) is 2.69. The summed E-state index contributed by atoms with van der Waals surface area (Å²) < 4.78 is 5.28. The molecule has 0 bridgehead atoms. The van der Waals surface area contributed by atoms with Crippen molar-refractivity contribution in [3.63, 3.8) is 0 Å². The molecule has 0 spiro atoms. The zero-order chi connectivity index (χ0) is 18.4. The summed E-state index contributed by atoms with van der Waals surface area (Å²) in [5.74, 6) is 0.522. The Labute approximate surface area is 158 Å². The second-order valence-corrected chi connectivity index (χ2v) is 7.24. The van der Waals surface area contributed by atoms with Gasteiger partial charge in [-0.2, -0.15) is 0 Å². The summed E-state index contributed by atoms with van der Waals surface area (Å²) in [5, 5.41) is 3.47. The lowest BCUT2D eigenvalue weighted by atomic mass is 10.2. The van der Waals surface area contributed by atoms with Crippen molar-refractivity contribution < 1.29 is 14.4 Å². The third-order valence-corrected chi connectivity index (χ3v) is 5.17. The molecule has 0 aliphatic rings. The van der Waals surface area contributed by atoms with Crippen molar-refractivity contribution in [2.45, 2.75) is 24.4 Å². The number of thioether (sulfide) groups is 1. The summed E-state index contributed by atoms with van der Waals surface area (Å²) in [7, 11) is 3.58. The van der Waals surface area contributed by atoms with Crippen molar-refractivity contribution in [1.82, 2.24) is 0 Å². The Bertz CT molecular complexity index is 722. The van der Waals surface area contributed by atoms with Gasteiger partial charge < -0.3 is 15.0 Å². The molecule has 134 valence electrons. The summed E-state index contributed by atoms with van der Waals surface area (Å²) >= 11 is 7.74. The molecule has 2 N–H and O–H groups in total. The number of amides is 1. The van der Waals surface area contributed by atoms with Gasteiger partial charge in [-0.05, 0) is 43.5 Å². The van der Waals surface area contributed by atoms with Gasteiger partial charge in [-0.3, -0.25) is 4.79 Å². The molecule has 0 aliphatic carbocycles. The minimum atomic E-state index is -0.219. The van der Waals surface area contributed by atoms with Crippen LogP contribution in [0.1, 0.15) is 12.5 Å². The van der Waals surface area contributed by atoms with Crippen LogP contribution in [0.3, 0.4) is 0 Å². The fourth-order valence-electron chi connectivity index (χ4n) is 2.46. The second kappa shape index (κ2) is 9.13. The van der Waals surface area contributed by atoms with E-state index in [-0.39, 0.29) is 11.9 Å². The van der Waals surface area contributed by atoms with E-state index in [0.717, 1.165) is 11.4 Å². The molecule has 4 nitrogen and oxygen atoms in total. The van der Waals surface area contributed by atoms with Gasteiger partial charge in [0.25, 0.3) is 5.91 Å². The number of carbonyl (C=O) groups excluding carboxylic acids is 1. The maximum absolute atomic E-state index is 12.6. The van der Waals surface area contributed by atoms with E-state index in [2.05, 4.69) is 35.8 Å². The topological polar surface area (TPSA) is 42.8 Å². The average Bonchev–Trinajstić information content (AvgIpc) is 2.61. The molecule has 0 fully saturated rings. The maximum atomic E-state index is 12.6. The number of methoxy groups -OCH3 is 1. The van der Waals surface area contributed by atoms with E-state index in [1.54, 1.807) is 37.1 Å². The van der Waals surface area contributed by atoms with E-state index in [4.69, 9.17) is 16.3 Å². The zero-order valence-electron chi connectivity index (χ0n) is 14.9. The number of benzene rings is 2. The average molecular weight is 380 g/mol. The monoisotopic (exact) mass is 379 g/mol. The van der Waals surface area contributed by atoms with Crippen LogP contribution in [0.25, 0.3) is 0 Å². The normalized spacial score (nSPS) is 13.2. The van der Waals surface area contributed by atoms with Crippen molar-refractivity contribution in [2.75, 3.05) is 25.7 Å².